The highest BCUT2D eigenvalue weighted by atomic mass is 35.5. The SMILES string of the molecule is COc1ccc(NC(=O)c2ccc(NC(=O)C3CCCO3)cc2)cc1Cl. The van der Waals surface area contributed by atoms with Crippen molar-refractivity contribution in [3.8, 4) is 5.75 Å². The molecule has 1 fully saturated rings. The van der Waals surface area contributed by atoms with Gasteiger partial charge in [-0.25, -0.2) is 0 Å². The Morgan fingerprint density at radius 1 is 1.12 bits per heavy atom. The number of rotatable bonds is 5. The first-order valence-electron chi connectivity index (χ1n) is 8.24. The summed E-state index contributed by atoms with van der Waals surface area (Å²) in [5.74, 6) is 0.104. The number of hydrogen-bond donors (Lipinski definition) is 2. The third kappa shape index (κ3) is 4.33. The van der Waals surface area contributed by atoms with Crippen molar-refractivity contribution in [1.82, 2.24) is 0 Å². The van der Waals surface area contributed by atoms with Crippen molar-refractivity contribution in [3.63, 3.8) is 0 Å². The van der Waals surface area contributed by atoms with Gasteiger partial charge in [0.05, 0.1) is 12.1 Å². The van der Waals surface area contributed by atoms with Crippen LogP contribution in [-0.4, -0.2) is 31.6 Å². The molecule has 136 valence electrons. The molecule has 0 aliphatic carbocycles. The number of carbonyl (C=O) groups excluding carboxylic acids is 2. The molecule has 7 heteroatoms. The van der Waals surface area contributed by atoms with Gasteiger partial charge in [-0.3, -0.25) is 9.59 Å². The zero-order valence-corrected chi connectivity index (χ0v) is 15.0. The van der Waals surface area contributed by atoms with Crippen molar-refractivity contribution < 1.29 is 19.1 Å². The van der Waals surface area contributed by atoms with E-state index in [9.17, 15) is 9.59 Å². The summed E-state index contributed by atoms with van der Waals surface area (Å²) < 4.78 is 10.4. The van der Waals surface area contributed by atoms with Crippen molar-refractivity contribution >= 4 is 34.8 Å². The van der Waals surface area contributed by atoms with Crippen LogP contribution >= 0.6 is 11.6 Å². The maximum absolute atomic E-state index is 12.3. The third-order valence-corrected chi connectivity index (χ3v) is 4.34. The molecule has 26 heavy (non-hydrogen) atoms. The molecule has 6 nitrogen and oxygen atoms in total. The van der Waals surface area contributed by atoms with E-state index in [0.717, 1.165) is 12.8 Å². The Morgan fingerprint density at radius 2 is 1.85 bits per heavy atom. The molecule has 3 rings (SSSR count). The van der Waals surface area contributed by atoms with Crippen LogP contribution in [0.25, 0.3) is 0 Å². The molecule has 2 aromatic carbocycles. The molecule has 0 radical (unpaired) electrons. The zero-order valence-electron chi connectivity index (χ0n) is 14.3. The highest BCUT2D eigenvalue weighted by Crippen LogP contribution is 2.27. The van der Waals surface area contributed by atoms with E-state index in [1.165, 1.54) is 7.11 Å². The number of anilines is 2. The van der Waals surface area contributed by atoms with E-state index in [1.807, 2.05) is 0 Å². The molecule has 1 heterocycles. The number of ether oxygens (including phenoxy) is 2. The van der Waals surface area contributed by atoms with Gasteiger partial charge < -0.3 is 20.1 Å². The van der Waals surface area contributed by atoms with Gasteiger partial charge in [-0.15, -0.1) is 0 Å². The van der Waals surface area contributed by atoms with Gasteiger partial charge in [0.1, 0.15) is 11.9 Å². The monoisotopic (exact) mass is 374 g/mol. The van der Waals surface area contributed by atoms with Gasteiger partial charge in [0.2, 0.25) is 0 Å². The maximum atomic E-state index is 12.3. The molecular weight excluding hydrogens is 356 g/mol. The van der Waals surface area contributed by atoms with E-state index in [2.05, 4.69) is 10.6 Å². The molecule has 0 aromatic heterocycles. The van der Waals surface area contributed by atoms with Gasteiger partial charge in [0.25, 0.3) is 11.8 Å². The van der Waals surface area contributed by atoms with Crippen LogP contribution in [0.2, 0.25) is 5.02 Å². The number of amides is 2. The molecule has 1 saturated heterocycles. The van der Waals surface area contributed by atoms with Crippen molar-refractivity contribution in [2.45, 2.75) is 18.9 Å². The summed E-state index contributed by atoms with van der Waals surface area (Å²) in [5, 5.41) is 5.98. The summed E-state index contributed by atoms with van der Waals surface area (Å²) in [5.41, 5.74) is 1.65. The zero-order chi connectivity index (χ0) is 18.5. The van der Waals surface area contributed by atoms with Crippen molar-refractivity contribution in [1.29, 1.82) is 0 Å². The molecule has 1 atom stereocenters. The van der Waals surface area contributed by atoms with Gasteiger partial charge in [-0.05, 0) is 55.3 Å². The average Bonchev–Trinajstić information content (AvgIpc) is 3.17. The Hall–Kier alpha value is -2.57. The van der Waals surface area contributed by atoms with Crippen LogP contribution in [0.5, 0.6) is 5.75 Å². The normalized spacial score (nSPS) is 16.2. The summed E-state index contributed by atoms with van der Waals surface area (Å²) in [4.78, 5) is 24.4. The second-order valence-electron chi connectivity index (χ2n) is 5.87. The molecular formula is C19H19ClN2O4. The van der Waals surface area contributed by atoms with Gasteiger partial charge in [0.15, 0.2) is 0 Å². The Bertz CT molecular complexity index is 802. The minimum Gasteiger partial charge on any atom is -0.495 e. The maximum Gasteiger partial charge on any atom is 0.255 e. The van der Waals surface area contributed by atoms with E-state index in [-0.39, 0.29) is 11.8 Å². The summed E-state index contributed by atoms with van der Waals surface area (Å²) >= 11 is 6.06. The first-order chi connectivity index (χ1) is 12.6. The predicted octanol–water partition coefficient (Wildman–Crippen LogP) is 3.72. The number of carbonyl (C=O) groups is 2. The van der Waals surface area contributed by atoms with Crippen LogP contribution in [0.4, 0.5) is 11.4 Å². The number of nitrogens with one attached hydrogen (secondary N) is 2. The largest absolute Gasteiger partial charge is 0.495 e. The minimum absolute atomic E-state index is 0.160. The molecule has 1 unspecified atom stereocenters. The van der Waals surface area contributed by atoms with Crippen LogP contribution in [0.15, 0.2) is 42.5 Å². The van der Waals surface area contributed by atoms with Gasteiger partial charge >= 0.3 is 0 Å². The number of hydrogen-bond acceptors (Lipinski definition) is 4. The predicted molar refractivity (Wildman–Crippen MR) is 100 cm³/mol. The standard InChI is InChI=1S/C19H19ClN2O4/c1-25-16-9-8-14(11-15(16)20)22-18(23)12-4-6-13(7-5-12)21-19(24)17-3-2-10-26-17/h4-9,11,17H,2-3,10H2,1H3,(H,21,24)(H,22,23). The molecule has 1 aliphatic rings. The lowest BCUT2D eigenvalue weighted by Gasteiger charge is -2.11. The first kappa shape index (κ1) is 18.2. The fourth-order valence-electron chi connectivity index (χ4n) is 2.66. The molecule has 2 N–H and O–H groups in total. The summed E-state index contributed by atoms with van der Waals surface area (Å²) in [6.07, 6.45) is 1.24. The molecule has 0 bridgehead atoms. The van der Waals surface area contributed by atoms with Gasteiger partial charge in [-0.2, -0.15) is 0 Å². The van der Waals surface area contributed by atoms with Crippen molar-refractivity contribution in [2.24, 2.45) is 0 Å². The average molecular weight is 375 g/mol. The quantitative estimate of drug-likeness (QED) is 0.836. The van der Waals surface area contributed by atoms with E-state index in [4.69, 9.17) is 21.1 Å². The van der Waals surface area contributed by atoms with Crippen LogP contribution in [-0.2, 0) is 9.53 Å². The summed E-state index contributed by atoms with van der Waals surface area (Å²) in [6.45, 7) is 0.618. The fraction of sp³-hybridized carbons (Fsp3) is 0.263. The second kappa shape index (κ2) is 8.21. The van der Waals surface area contributed by atoms with Crippen molar-refractivity contribution in [2.75, 3.05) is 24.4 Å². The van der Waals surface area contributed by atoms with Crippen LogP contribution in [0, 0.1) is 0 Å². The Morgan fingerprint density at radius 3 is 2.46 bits per heavy atom. The van der Waals surface area contributed by atoms with Crippen LogP contribution in [0.3, 0.4) is 0 Å². The third-order valence-electron chi connectivity index (χ3n) is 4.05. The molecule has 0 saturated carbocycles. The number of benzene rings is 2. The lowest BCUT2D eigenvalue weighted by Crippen LogP contribution is -2.26. The van der Waals surface area contributed by atoms with Gasteiger partial charge in [0, 0.05) is 23.5 Å². The van der Waals surface area contributed by atoms with E-state index in [1.54, 1.807) is 42.5 Å². The Balaban J connectivity index is 1.61. The Kier molecular flexibility index (Phi) is 5.75. The fourth-order valence-corrected chi connectivity index (χ4v) is 2.92. The molecule has 0 spiro atoms. The topological polar surface area (TPSA) is 76.7 Å². The smallest absolute Gasteiger partial charge is 0.255 e. The first-order valence-corrected chi connectivity index (χ1v) is 8.62. The number of halogens is 1. The van der Waals surface area contributed by atoms with Crippen molar-refractivity contribution in [3.05, 3.63) is 53.1 Å². The lowest BCUT2D eigenvalue weighted by molar-refractivity contribution is -0.124. The molecule has 2 aromatic rings. The van der Waals surface area contributed by atoms with E-state index >= 15 is 0 Å². The molecule has 2 amide bonds. The summed E-state index contributed by atoms with van der Waals surface area (Å²) in [6, 6.07) is 11.7. The highest BCUT2D eigenvalue weighted by Gasteiger charge is 2.23. The Labute approximate surface area is 156 Å². The lowest BCUT2D eigenvalue weighted by atomic mass is 10.1. The van der Waals surface area contributed by atoms with Gasteiger partial charge in [-0.1, -0.05) is 11.6 Å². The van der Waals surface area contributed by atoms with E-state index in [0.29, 0.717) is 34.3 Å². The molecule has 1 aliphatic heterocycles. The number of methoxy groups -OCH3 is 1. The summed E-state index contributed by atoms with van der Waals surface area (Å²) in [7, 11) is 1.53. The highest BCUT2D eigenvalue weighted by molar-refractivity contribution is 6.32. The minimum atomic E-state index is -0.391. The van der Waals surface area contributed by atoms with Crippen LogP contribution < -0.4 is 15.4 Å². The van der Waals surface area contributed by atoms with Crippen LogP contribution in [0.1, 0.15) is 23.2 Å². The second-order valence-corrected chi connectivity index (χ2v) is 6.28. The van der Waals surface area contributed by atoms with E-state index < -0.39 is 6.10 Å².